The second-order valence-corrected chi connectivity index (χ2v) is 4.31. The number of ether oxygens (including phenoxy) is 1. The Morgan fingerprint density at radius 1 is 1.67 bits per heavy atom. The number of morpholine rings is 1. The summed E-state index contributed by atoms with van der Waals surface area (Å²) in [4.78, 5) is 14.0. The number of hydrogen-bond acceptors (Lipinski definition) is 5. The van der Waals surface area contributed by atoms with Gasteiger partial charge in [-0.25, -0.2) is 0 Å². The van der Waals surface area contributed by atoms with Crippen molar-refractivity contribution in [3.8, 4) is 0 Å². The monoisotopic (exact) mass is 253 g/mol. The predicted molar refractivity (Wildman–Crippen MR) is 65.0 cm³/mol. The number of nitrogens with zero attached hydrogens (tertiary/aromatic N) is 4. The van der Waals surface area contributed by atoms with E-state index in [2.05, 4.69) is 17.2 Å². The van der Waals surface area contributed by atoms with Crippen LogP contribution in [0.25, 0.3) is 0 Å². The van der Waals surface area contributed by atoms with Gasteiger partial charge in [0, 0.05) is 19.6 Å². The Hall–Kier alpha value is -1.47. The second kappa shape index (κ2) is 5.92. The molecule has 0 radical (unpaired) electrons. The minimum atomic E-state index is -0.0833. The first-order valence-electron chi connectivity index (χ1n) is 6.25. The molecule has 7 heteroatoms. The molecule has 2 heterocycles. The molecule has 1 aromatic heterocycles. The van der Waals surface area contributed by atoms with Crippen molar-refractivity contribution in [3.63, 3.8) is 0 Å². The predicted octanol–water partition coefficient (Wildman–Crippen LogP) is -0.512. The highest BCUT2D eigenvalue weighted by atomic mass is 16.5. The van der Waals surface area contributed by atoms with Crippen LogP contribution in [0.5, 0.6) is 0 Å². The summed E-state index contributed by atoms with van der Waals surface area (Å²) >= 11 is 0. The molecule has 0 aliphatic carbocycles. The molecule has 100 valence electrons. The Kier molecular flexibility index (Phi) is 4.27. The van der Waals surface area contributed by atoms with E-state index in [9.17, 15) is 4.79 Å². The number of nitrogens with two attached hydrogens (primary N) is 1. The molecule has 1 aliphatic rings. The Bertz CT molecular complexity index is 406. The van der Waals surface area contributed by atoms with Crippen LogP contribution in [-0.4, -0.2) is 58.1 Å². The van der Waals surface area contributed by atoms with Crippen LogP contribution in [0.1, 0.15) is 23.8 Å². The molecule has 2 N–H and O–H groups in total. The summed E-state index contributed by atoms with van der Waals surface area (Å²) in [6.45, 7) is 4.92. The highest BCUT2D eigenvalue weighted by molar-refractivity contribution is 5.92. The molecule has 1 amide bonds. The number of hydrogen-bond donors (Lipinski definition) is 1. The van der Waals surface area contributed by atoms with E-state index < -0.39 is 0 Å². The van der Waals surface area contributed by atoms with E-state index in [0.29, 0.717) is 38.5 Å². The molecule has 1 fully saturated rings. The van der Waals surface area contributed by atoms with E-state index >= 15 is 0 Å². The summed E-state index contributed by atoms with van der Waals surface area (Å²) in [6.07, 6.45) is 2.68. The molecule has 0 bridgehead atoms. The zero-order valence-electron chi connectivity index (χ0n) is 10.6. The fourth-order valence-electron chi connectivity index (χ4n) is 1.95. The van der Waals surface area contributed by atoms with Crippen LogP contribution in [0.3, 0.4) is 0 Å². The average molecular weight is 253 g/mol. The average Bonchev–Trinajstić information content (AvgIpc) is 2.87. The van der Waals surface area contributed by atoms with Crippen molar-refractivity contribution in [2.45, 2.75) is 26.0 Å². The lowest BCUT2D eigenvalue weighted by atomic mass is 10.2. The van der Waals surface area contributed by atoms with Crippen molar-refractivity contribution >= 4 is 5.91 Å². The Morgan fingerprint density at radius 2 is 2.50 bits per heavy atom. The number of aromatic nitrogens is 3. The standard InChI is InChI=1S/C11H19N5O2/c1-2-9-7-15(5-6-18-9)11(17)10-8-16(4-3-12)14-13-10/h8-9H,2-7,12H2,1H3. The van der Waals surface area contributed by atoms with Gasteiger partial charge in [0.15, 0.2) is 5.69 Å². The molecule has 1 aliphatic heterocycles. The molecule has 0 spiro atoms. The van der Waals surface area contributed by atoms with Crippen molar-refractivity contribution in [2.24, 2.45) is 5.73 Å². The maximum atomic E-state index is 12.2. The first kappa shape index (κ1) is 13.0. The second-order valence-electron chi connectivity index (χ2n) is 4.31. The van der Waals surface area contributed by atoms with E-state index in [-0.39, 0.29) is 12.0 Å². The topological polar surface area (TPSA) is 86.3 Å². The van der Waals surface area contributed by atoms with Crippen LogP contribution in [0, 0.1) is 0 Å². The molecule has 1 saturated heterocycles. The summed E-state index contributed by atoms with van der Waals surface area (Å²) in [5.74, 6) is -0.0833. The van der Waals surface area contributed by atoms with Crippen LogP contribution in [0.15, 0.2) is 6.20 Å². The SMILES string of the molecule is CCC1CN(C(=O)c2cn(CCN)nn2)CCO1. The smallest absolute Gasteiger partial charge is 0.276 e. The molecule has 18 heavy (non-hydrogen) atoms. The lowest BCUT2D eigenvalue weighted by Gasteiger charge is -2.31. The summed E-state index contributed by atoms with van der Waals surface area (Å²) < 4.78 is 7.12. The minimum Gasteiger partial charge on any atom is -0.375 e. The molecule has 0 saturated carbocycles. The largest absolute Gasteiger partial charge is 0.375 e. The van der Waals surface area contributed by atoms with E-state index in [1.807, 2.05) is 0 Å². The molecular weight excluding hydrogens is 234 g/mol. The Labute approximate surface area is 106 Å². The molecular formula is C11H19N5O2. The number of carbonyl (C=O) groups is 1. The molecule has 2 rings (SSSR count). The van der Waals surface area contributed by atoms with Gasteiger partial charge in [0.1, 0.15) is 0 Å². The summed E-state index contributed by atoms with van der Waals surface area (Å²) in [5.41, 5.74) is 5.80. The third kappa shape index (κ3) is 2.85. The van der Waals surface area contributed by atoms with Gasteiger partial charge in [-0.15, -0.1) is 5.10 Å². The van der Waals surface area contributed by atoms with Gasteiger partial charge < -0.3 is 15.4 Å². The van der Waals surface area contributed by atoms with Gasteiger partial charge in [-0.2, -0.15) is 0 Å². The van der Waals surface area contributed by atoms with Crippen molar-refractivity contribution in [2.75, 3.05) is 26.2 Å². The summed E-state index contributed by atoms with van der Waals surface area (Å²) in [6, 6.07) is 0. The van der Waals surface area contributed by atoms with E-state index in [1.165, 1.54) is 0 Å². The fourth-order valence-corrected chi connectivity index (χ4v) is 1.95. The van der Waals surface area contributed by atoms with Gasteiger partial charge in [0.2, 0.25) is 0 Å². The fraction of sp³-hybridized carbons (Fsp3) is 0.727. The van der Waals surface area contributed by atoms with Crippen LogP contribution in [0.2, 0.25) is 0 Å². The first-order chi connectivity index (χ1) is 8.74. The normalized spacial score (nSPS) is 20.1. The van der Waals surface area contributed by atoms with Gasteiger partial charge in [-0.1, -0.05) is 12.1 Å². The van der Waals surface area contributed by atoms with Crippen LogP contribution in [-0.2, 0) is 11.3 Å². The van der Waals surface area contributed by atoms with Crippen LogP contribution in [0.4, 0.5) is 0 Å². The molecule has 0 aromatic carbocycles. The van der Waals surface area contributed by atoms with Gasteiger partial charge >= 0.3 is 0 Å². The maximum Gasteiger partial charge on any atom is 0.276 e. The maximum absolute atomic E-state index is 12.2. The molecule has 1 unspecified atom stereocenters. The van der Waals surface area contributed by atoms with Gasteiger partial charge in [-0.3, -0.25) is 9.48 Å². The van der Waals surface area contributed by atoms with Gasteiger partial charge in [-0.05, 0) is 6.42 Å². The minimum absolute atomic E-state index is 0.0833. The quantitative estimate of drug-likeness (QED) is 0.781. The van der Waals surface area contributed by atoms with Crippen molar-refractivity contribution in [1.29, 1.82) is 0 Å². The molecule has 1 atom stereocenters. The first-order valence-corrected chi connectivity index (χ1v) is 6.25. The Balaban J connectivity index is 2.00. The Morgan fingerprint density at radius 3 is 3.22 bits per heavy atom. The third-order valence-electron chi connectivity index (χ3n) is 3.00. The summed E-state index contributed by atoms with van der Waals surface area (Å²) in [5, 5.41) is 7.76. The lowest BCUT2D eigenvalue weighted by molar-refractivity contribution is -0.0228. The summed E-state index contributed by atoms with van der Waals surface area (Å²) in [7, 11) is 0. The highest BCUT2D eigenvalue weighted by Crippen LogP contribution is 2.11. The highest BCUT2D eigenvalue weighted by Gasteiger charge is 2.25. The lowest BCUT2D eigenvalue weighted by Crippen LogP contribution is -2.45. The van der Waals surface area contributed by atoms with Crippen molar-refractivity contribution < 1.29 is 9.53 Å². The van der Waals surface area contributed by atoms with E-state index in [4.69, 9.17) is 10.5 Å². The van der Waals surface area contributed by atoms with Crippen molar-refractivity contribution in [1.82, 2.24) is 19.9 Å². The van der Waals surface area contributed by atoms with Crippen LogP contribution < -0.4 is 5.73 Å². The zero-order valence-corrected chi connectivity index (χ0v) is 10.6. The van der Waals surface area contributed by atoms with Crippen LogP contribution >= 0.6 is 0 Å². The van der Waals surface area contributed by atoms with E-state index in [0.717, 1.165) is 6.42 Å². The van der Waals surface area contributed by atoms with Crippen molar-refractivity contribution in [3.05, 3.63) is 11.9 Å². The number of carbonyl (C=O) groups excluding carboxylic acids is 1. The zero-order chi connectivity index (χ0) is 13.0. The number of rotatable bonds is 4. The van der Waals surface area contributed by atoms with E-state index in [1.54, 1.807) is 15.8 Å². The van der Waals surface area contributed by atoms with Gasteiger partial charge in [0.25, 0.3) is 5.91 Å². The third-order valence-corrected chi connectivity index (χ3v) is 3.00. The van der Waals surface area contributed by atoms with Gasteiger partial charge in [0.05, 0.1) is 25.5 Å². The molecule has 1 aromatic rings. The molecule has 7 nitrogen and oxygen atoms in total. The number of amides is 1.